The quantitative estimate of drug-likeness (QED) is 0.640. The molecular weight excluding hydrogens is 177 g/mol. The van der Waals surface area contributed by atoms with Crippen LogP contribution in [0.3, 0.4) is 0 Å². The fourth-order valence-corrected chi connectivity index (χ4v) is 0.354. The monoisotopic (exact) mass is 186 g/mol. The lowest BCUT2D eigenvalue weighted by Gasteiger charge is -2.08. The van der Waals surface area contributed by atoms with Gasteiger partial charge in [-0.2, -0.15) is 13.2 Å². The molecule has 0 aliphatic heterocycles. The second-order valence-electron chi connectivity index (χ2n) is 1.83. The minimum atomic E-state index is -4.40. The summed E-state index contributed by atoms with van der Waals surface area (Å²) < 4.78 is 34.4. The number of hydrogen-bond acceptors (Lipinski definition) is 2. The standard InChI is InChI=1S/C5H9F3N2O2/c1-2-12-10-4(11)9-3-5(6,7)8/h2-3H2,1H3,(H2,9,10,11). The van der Waals surface area contributed by atoms with E-state index in [0.717, 1.165) is 0 Å². The molecule has 12 heavy (non-hydrogen) atoms. The lowest BCUT2D eigenvalue weighted by Crippen LogP contribution is -2.40. The Balaban J connectivity index is 3.44. The largest absolute Gasteiger partial charge is 0.405 e. The molecule has 0 saturated carbocycles. The topological polar surface area (TPSA) is 50.4 Å². The summed E-state index contributed by atoms with van der Waals surface area (Å²) in [6.45, 7) is 0.412. The third kappa shape index (κ3) is 7.13. The van der Waals surface area contributed by atoms with Crippen molar-refractivity contribution >= 4 is 6.03 Å². The van der Waals surface area contributed by atoms with Crippen LogP contribution in [0.1, 0.15) is 6.92 Å². The van der Waals surface area contributed by atoms with E-state index < -0.39 is 18.8 Å². The van der Waals surface area contributed by atoms with Crippen LogP contribution in [0.15, 0.2) is 0 Å². The van der Waals surface area contributed by atoms with Crippen molar-refractivity contribution in [3.05, 3.63) is 0 Å². The first-order chi connectivity index (χ1) is 5.45. The molecule has 0 aliphatic carbocycles. The lowest BCUT2D eigenvalue weighted by atomic mass is 10.6. The number of carbonyl (C=O) groups is 1. The van der Waals surface area contributed by atoms with Crippen LogP contribution in [0.25, 0.3) is 0 Å². The maximum Gasteiger partial charge on any atom is 0.405 e. The van der Waals surface area contributed by atoms with E-state index in [0.29, 0.717) is 0 Å². The van der Waals surface area contributed by atoms with Gasteiger partial charge in [-0.1, -0.05) is 0 Å². The first kappa shape index (κ1) is 11.0. The highest BCUT2D eigenvalue weighted by molar-refractivity contribution is 5.72. The van der Waals surface area contributed by atoms with E-state index in [1.807, 2.05) is 0 Å². The Morgan fingerprint density at radius 1 is 1.50 bits per heavy atom. The predicted molar refractivity (Wildman–Crippen MR) is 34.2 cm³/mol. The van der Waals surface area contributed by atoms with Gasteiger partial charge in [0.1, 0.15) is 6.54 Å². The van der Waals surface area contributed by atoms with Gasteiger partial charge in [-0.3, -0.25) is 4.84 Å². The third-order valence-electron chi connectivity index (χ3n) is 0.759. The number of amides is 2. The molecule has 0 spiro atoms. The van der Waals surface area contributed by atoms with E-state index in [9.17, 15) is 18.0 Å². The van der Waals surface area contributed by atoms with Crippen molar-refractivity contribution in [3.63, 3.8) is 0 Å². The van der Waals surface area contributed by atoms with E-state index in [4.69, 9.17) is 0 Å². The third-order valence-corrected chi connectivity index (χ3v) is 0.759. The average molecular weight is 186 g/mol. The fourth-order valence-electron chi connectivity index (χ4n) is 0.354. The minimum absolute atomic E-state index is 0.194. The second kappa shape index (κ2) is 4.81. The number of alkyl halides is 3. The molecular formula is C5H9F3N2O2. The first-order valence-corrected chi connectivity index (χ1v) is 3.18. The SMILES string of the molecule is CCONC(=O)NCC(F)(F)F. The van der Waals surface area contributed by atoms with Gasteiger partial charge in [0.15, 0.2) is 0 Å². The Morgan fingerprint density at radius 3 is 2.50 bits per heavy atom. The molecule has 0 atom stereocenters. The molecule has 2 amide bonds. The van der Waals surface area contributed by atoms with Gasteiger partial charge >= 0.3 is 12.2 Å². The molecule has 72 valence electrons. The number of carbonyl (C=O) groups excluding carboxylic acids is 1. The summed E-state index contributed by atoms with van der Waals surface area (Å²) in [5.74, 6) is 0. The molecule has 0 fully saturated rings. The normalized spacial score (nSPS) is 11.0. The minimum Gasteiger partial charge on any atom is -0.327 e. The Morgan fingerprint density at radius 2 is 2.08 bits per heavy atom. The zero-order valence-corrected chi connectivity index (χ0v) is 6.36. The number of urea groups is 1. The van der Waals surface area contributed by atoms with Crippen molar-refractivity contribution in [2.75, 3.05) is 13.2 Å². The van der Waals surface area contributed by atoms with Gasteiger partial charge < -0.3 is 5.32 Å². The summed E-state index contributed by atoms with van der Waals surface area (Å²) in [6.07, 6.45) is -4.40. The van der Waals surface area contributed by atoms with Crippen LogP contribution in [0.2, 0.25) is 0 Å². The average Bonchev–Trinajstić information content (AvgIpc) is 1.95. The smallest absolute Gasteiger partial charge is 0.327 e. The number of halogens is 3. The molecule has 0 radical (unpaired) electrons. The molecule has 0 aliphatic rings. The van der Waals surface area contributed by atoms with Crippen LogP contribution < -0.4 is 10.8 Å². The van der Waals surface area contributed by atoms with Crippen molar-refractivity contribution in [1.82, 2.24) is 10.8 Å². The van der Waals surface area contributed by atoms with Gasteiger partial charge in [-0.15, -0.1) is 0 Å². The molecule has 0 heterocycles. The summed E-state index contributed by atoms with van der Waals surface area (Å²) >= 11 is 0. The Hall–Kier alpha value is -0.980. The summed E-state index contributed by atoms with van der Waals surface area (Å²) in [5, 5.41) is 1.56. The fraction of sp³-hybridized carbons (Fsp3) is 0.800. The van der Waals surface area contributed by atoms with Gasteiger partial charge in [-0.25, -0.2) is 10.3 Å². The molecule has 0 saturated heterocycles. The Kier molecular flexibility index (Phi) is 4.42. The van der Waals surface area contributed by atoms with Crippen molar-refractivity contribution in [2.45, 2.75) is 13.1 Å². The van der Waals surface area contributed by atoms with Crippen LogP contribution >= 0.6 is 0 Å². The van der Waals surface area contributed by atoms with Crippen molar-refractivity contribution in [2.24, 2.45) is 0 Å². The van der Waals surface area contributed by atoms with Crippen molar-refractivity contribution in [1.29, 1.82) is 0 Å². The predicted octanol–water partition coefficient (Wildman–Crippen LogP) is 0.799. The summed E-state index contributed by atoms with van der Waals surface area (Å²) in [4.78, 5) is 14.7. The van der Waals surface area contributed by atoms with Crippen molar-refractivity contribution < 1.29 is 22.8 Å². The zero-order valence-electron chi connectivity index (χ0n) is 6.36. The first-order valence-electron chi connectivity index (χ1n) is 3.18. The number of rotatable bonds is 3. The van der Waals surface area contributed by atoms with Crippen LogP contribution in [0, 0.1) is 0 Å². The molecule has 0 bridgehead atoms. The summed E-state index contributed by atoms with van der Waals surface area (Å²) in [7, 11) is 0. The molecule has 7 heteroatoms. The maximum absolute atomic E-state index is 11.5. The van der Waals surface area contributed by atoms with E-state index in [-0.39, 0.29) is 6.61 Å². The number of hydrogen-bond donors (Lipinski definition) is 2. The second-order valence-corrected chi connectivity index (χ2v) is 1.83. The van der Waals surface area contributed by atoms with Gasteiger partial charge in [0.25, 0.3) is 0 Å². The molecule has 0 aromatic rings. The van der Waals surface area contributed by atoms with Crippen molar-refractivity contribution in [3.8, 4) is 0 Å². The van der Waals surface area contributed by atoms with Crippen LogP contribution in [-0.2, 0) is 4.84 Å². The van der Waals surface area contributed by atoms with Gasteiger partial charge in [-0.05, 0) is 6.92 Å². The molecule has 0 rings (SSSR count). The lowest BCUT2D eigenvalue weighted by molar-refractivity contribution is -0.123. The summed E-state index contributed by atoms with van der Waals surface area (Å²) in [5.41, 5.74) is 1.75. The highest BCUT2D eigenvalue weighted by Crippen LogP contribution is 2.11. The summed E-state index contributed by atoms with van der Waals surface area (Å²) in [6, 6.07) is -1.01. The van der Waals surface area contributed by atoms with Gasteiger partial charge in [0.2, 0.25) is 0 Å². The zero-order chi connectivity index (χ0) is 9.61. The maximum atomic E-state index is 11.5. The van der Waals surface area contributed by atoms with Crippen LogP contribution in [0.5, 0.6) is 0 Å². The van der Waals surface area contributed by atoms with Crippen LogP contribution in [0.4, 0.5) is 18.0 Å². The van der Waals surface area contributed by atoms with Gasteiger partial charge in [0, 0.05) is 0 Å². The Labute approximate surface area is 67.0 Å². The van der Waals surface area contributed by atoms with Crippen LogP contribution in [-0.4, -0.2) is 25.4 Å². The Bertz CT molecular complexity index is 148. The van der Waals surface area contributed by atoms with E-state index in [1.54, 1.807) is 17.7 Å². The highest BCUT2D eigenvalue weighted by atomic mass is 19.4. The van der Waals surface area contributed by atoms with Gasteiger partial charge in [0.05, 0.1) is 6.61 Å². The highest BCUT2D eigenvalue weighted by Gasteiger charge is 2.27. The molecule has 2 N–H and O–H groups in total. The number of hydroxylamine groups is 1. The molecule has 0 aromatic carbocycles. The molecule has 4 nitrogen and oxygen atoms in total. The molecule has 0 unspecified atom stereocenters. The molecule has 0 aromatic heterocycles. The van der Waals surface area contributed by atoms with E-state index >= 15 is 0 Å². The van der Waals surface area contributed by atoms with E-state index in [1.165, 1.54) is 0 Å². The van der Waals surface area contributed by atoms with E-state index in [2.05, 4.69) is 4.84 Å². The number of nitrogens with one attached hydrogen (secondary N) is 2.